The topological polar surface area (TPSA) is 77.8 Å². The summed E-state index contributed by atoms with van der Waals surface area (Å²) in [6.45, 7) is 1.66. The second-order valence-electron chi connectivity index (χ2n) is 8.03. The maximum atomic E-state index is 12.3. The number of carbonyl (C=O) groups excluding carboxylic acids is 2. The van der Waals surface area contributed by atoms with E-state index in [1.165, 1.54) is 55.9 Å². The smallest absolute Gasteiger partial charge is 0.421 e. The molecule has 1 aromatic carbocycles. The number of fused-ring (bicyclic) bond motifs is 1. The van der Waals surface area contributed by atoms with Crippen molar-refractivity contribution >= 4 is 23.0 Å². The summed E-state index contributed by atoms with van der Waals surface area (Å²) in [5, 5.41) is 10.2. The van der Waals surface area contributed by atoms with Crippen molar-refractivity contribution in [3.05, 3.63) is 36.0 Å². The third kappa shape index (κ3) is 8.74. The molecule has 6 nitrogen and oxygen atoms in total. The van der Waals surface area contributed by atoms with Crippen molar-refractivity contribution in [3.8, 4) is 0 Å². The van der Waals surface area contributed by atoms with Gasteiger partial charge in [0.05, 0.1) is 12.1 Å². The zero-order valence-corrected chi connectivity index (χ0v) is 18.8. The molecule has 6 heteroatoms. The molecule has 0 unspecified atom stereocenters. The average molecular weight is 432 g/mol. The van der Waals surface area contributed by atoms with E-state index in [2.05, 4.69) is 6.92 Å². The second-order valence-corrected chi connectivity index (χ2v) is 8.03. The van der Waals surface area contributed by atoms with E-state index in [9.17, 15) is 14.7 Å². The van der Waals surface area contributed by atoms with Gasteiger partial charge in [0.1, 0.15) is 0 Å². The molecule has 1 heterocycles. The van der Waals surface area contributed by atoms with Gasteiger partial charge in [-0.15, -0.1) is 0 Å². The van der Waals surface area contributed by atoms with E-state index < -0.39 is 12.9 Å². The average Bonchev–Trinajstić information content (AvgIpc) is 3.16. The van der Waals surface area contributed by atoms with Gasteiger partial charge in [-0.25, -0.2) is 4.79 Å². The molecule has 0 aliphatic rings. The molecular weight excluding hydrogens is 394 g/mol. The van der Waals surface area contributed by atoms with Crippen molar-refractivity contribution < 1.29 is 24.2 Å². The van der Waals surface area contributed by atoms with Crippen LogP contribution in [0.25, 0.3) is 10.9 Å². The lowest BCUT2D eigenvalue weighted by Gasteiger charge is -2.07. The number of carbonyl (C=O) groups is 2. The number of ether oxygens (including phenoxy) is 2. The van der Waals surface area contributed by atoms with Crippen molar-refractivity contribution in [2.24, 2.45) is 0 Å². The fourth-order valence-corrected chi connectivity index (χ4v) is 3.75. The Morgan fingerprint density at radius 1 is 0.871 bits per heavy atom. The second kappa shape index (κ2) is 14.6. The maximum Gasteiger partial charge on any atom is 0.421 e. The maximum absolute atomic E-state index is 12.3. The van der Waals surface area contributed by atoms with Crippen molar-refractivity contribution in [2.45, 2.75) is 90.6 Å². The first kappa shape index (κ1) is 24.9. The Kier molecular flexibility index (Phi) is 11.8. The third-order valence-electron chi connectivity index (χ3n) is 5.55. The molecule has 0 radical (unpaired) electrons. The predicted molar refractivity (Wildman–Crippen MR) is 122 cm³/mol. The molecule has 31 heavy (non-hydrogen) atoms. The largest absolute Gasteiger partial charge is 0.428 e. The van der Waals surface area contributed by atoms with E-state index in [0.29, 0.717) is 17.5 Å². The van der Waals surface area contributed by atoms with Crippen LogP contribution in [0.1, 0.15) is 89.5 Å². The molecule has 0 saturated carbocycles. The van der Waals surface area contributed by atoms with E-state index >= 15 is 0 Å². The highest BCUT2D eigenvalue weighted by atomic mass is 16.7. The Balaban J connectivity index is 1.54. The molecule has 2 rings (SSSR count). The third-order valence-corrected chi connectivity index (χ3v) is 5.55. The van der Waals surface area contributed by atoms with Crippen LogP contribution in [0.15, 0.2) is 30.5 Å². The van der Waals surface area contributed by atoms with E-state index in [1.54, 1.807) is 18.3 Å². The number of aliphatic hydroxyl groups excluding tert-OH is 1. The van der Waals surface area contributed by atoms with Crippen molar-refractivity contribution in [1.29, 1.82) is 0 Å². The van der Waals surface area contributed by atoms with Gasteiger partial charge in [-0.3, -0.25) is 9.36 Å². The Labute approximate surface area is 185 Å². The first-order valence-electron chi connectivity index (χ1n) is 11.7. The lowest BCUT2D eigenvalue weighted by Crippen LogP contribution is -2.17. The Morgan fingerprint density at radius 3 is 2.13 bits per heavy atom. The van der Waals surface area contributed by atoms with Gasteiger partial charge < -0.3 is 14.6 Å². The van der Waals surface area contributed by atoms with Crippen LogP contribution in [0.2, 0.25) is 0 Å². The predicted octanol–water partition coefficient (Wildman–Crippen LogP) is 6.32. The molecule has 0 aliphatic carbocycles. The van der Waals surface area contributed by atoms with Crippen molar-refractivity contribution in [3.63, 3.8) is 0 Å². The van der Waals surface area contributed by atoms with E-state index in [0.717, 1.165) is 24.6 Å². The van der Waals surface area contributed by atoms with E-state index in [1.807, 2.05) is 12.1 Å². The molecule has 0 bridgehead atoms. The molecular formula is C25H37NO5. The van der Waals surface area contributed by atoms with Crippen LogP contribution in [-0.2, 0) is 20.9 Å². The minimum atomic E-state index is -0.640. The van der Waals surface area contributed by atoms with Crippen LogP contribution in [0, 0.1) is 0 Å². The first-order valence-corrected chi connectivity index (χ1v) is 11.7. The van der Waals surface area contributed by atoms with Crippen molar-refractivity contribution in [1.82, 2.24) is 4.57 Å². The van der Waals surface area contributed by atoms with Crippen LogP contribution in [0.3, 0.4) is 0 Å². The quantitative estimate of drug-likeness (QED) is 0.203. The van der Waals surface area contributed by atoms with E-state index in [4.69, 9.17) is 9.47 Å². The SMILES string of the molecule is CCCCCCCCCCCCCC(=O)OCOC(=O)n1cc(CO)c2ccccc21. The van der Waals surface area contributed by atoms with Gasteiger partial charge >= 0.3 is 12.1 Å². The summed E-state index contributed by atoms with van der Waals surface area (Å²) in [7, 11) is 0. The summed E-state index contributed by atoms with van der Waals surface area (Å²) in [6.07, 6.45) is 14.7. The molecule has 0 amide bonds. The van der Waals surface area contributed by atoms with Crippen LogP contribution < -0.4 is 0 Å². The summed E-state index contributed by atoms with van der Waals surface area (Å²) in [4.78, 5) is 24.1. The van der Waals surface area contributed by atoms with E-state index in [-0.39, 0.29) is 12.6 Å². The molecule has 172 valence electrons. The normalized spacial score (nSPS) is 11.0. The van der Waals surface area contributed by atoms with Crippen LogP contribution in [0.4, 0.5) is 4.79 Å². The fraction of sp³-hybridized carbons (Fsp3) is 0.600. The number of hydrogen-bond acceptors (Lipinski definition) is 5. The van der Waals surface area contributed by atoms with Gasteiger partial charge in [-0.05, 0) is 12.5 Å². The Morgan fingerprint density at radius 2 is 1.48 bits per heavy atom. The standard InChI is InChI=1S/C25H37NO5/c1-2-3-4-5-6-7-8-9-10-11-12-17-24(28)30-20-31-25(29)26-18-21(19-27)22-15-13-14-16-23(22)26/h13-16,18,27H,2-12,17,19-20H2,1H3. The van der Waals surface area contributed by atoms with Gasteiger partial charge in [-0.2, -0.15) is 0 Å². The summed E-state index contributed by atoms with van der Waals surface area (Å²) in [6, 6.07) is 7.25. The Hall–Kier alpha value is -2.34. The number of hydrogen-bond donors (Lipinski definition) is 1. The molecule has 1 aromatic heterocycles. The number of aromatic nitrogens is 1. The van der Waals surface area contributed by atoms with Gasteiger partial charge in [0, 0.05) is 23.6 Å². The summed E-state index contributed by atoms with van der Waals surface area (Å²) < 4.78 is 11.4. The zero-order chi connectivity index (χ0) is 22.3. The highest BCUT2D eigenvalue weighted by Crippen LogP contribution is 2.21. The molecule has 0 spiro atoms. The lowest BCUT2D eigenvalue weighted by atomic mass is 10.1. The van der Waals surface area contributed by atoms with Gasteiger partial charge in [0.15, 0.2) is 0 Å². The molecule has 0 fully saturated rings. The monoisotopic (exact) mass is 431 g/mol. The molecule has 1 N–H and O–H groups in total. The first-order chi connectivity index (χ1) is 15.2. The summed E-state index contributed by atoms with van der Waals surface area (Å²) in [5.41, 5.74) is 1.28. The highest BCUT2D eigenvalue weighted by molar-refractivity contribution is 5.91. The van der Waals surface area contributed by atoms with Gasteiger partial charge in [0.25, 0.3) is 0 Å². The minimum Gasteiger partial charge on any atom is -0.428 e. The number of aliphatic hydroxyl groups is 1. The minimum absolute atomic E-state index is 0.172. The van der Waals surface area contributed by atoms with Crippen LogP contribution in [-0.4, -0.2) is 28.5 Å². The summed E-state index contributed by atoms with van der Waals surface area (Å²) >= 11 is 0. The molecule has 0 aliphatic heterocycles. The van der Waals surface area contributed by atoms with Crippen molar-refractivity contribution in [2.75, 3.05) is 6.79 Å². The Bertz CT molecular complexity index is 798. The molecule has 0 atom stereocenters. The van der Waals surface area contributed by atoms with Crippen LogP contribution in [0.5, 0.6) is 0 Å². The van der Waals surface area contributed by atoms with Gasteiger partial charge in [0.2, 0.25) is 6.79 Å². The highest BCUT2D eigenvalue weighted by Gasteiger charge is 2.14. The molecule has 0 saturated heterocycles. The van der Waals surface area contributed by atoms with Gasteiger partial charge in [-0.1, -0.05) is 89.3 Å². The fourth-order valence-electron chi connectivity index (χ4n) is 3.75. The number of benzene rings is 1. The summed E-state index contributed by atoms with van der Waals surface area (Å²) in [5.74, 6) is -0.350. The van der Waals surface area contributed by atoms with Crippen LogP contribution >= 0.6 is 0 Å². The number of nitrogens with zero attached hydrogens (tertiary/aromatic N) is 1. The lowest BCUT2D eigenvalue weighted by molar-refractivity contribution is -0.151. The zero-order valence-electron chi connectivity index (χ0n) is 18.8. The number of unbranched alkanes of at least 4 members (excludes halogenated alkanes) is 10. The number of para-hydroxylation sites is 1. The number of esters is 1. The molecule has 2 aromatic rings. The number of rotatable bonds is 15.